The summed E-state index contributed by atoms with van der Waals surface area (Å²) in [5.41, 5.74) is 6.63. The number of aromatic amines is 2. The molecule has 10 nitrogen and oxygen atoms in total. The highest BCUT2D eigenvalue weighted by Crippen LogP contribution is 2.32. The van der Waals surface area contributed by atoms with Gasteiger partial charge < -0.3 is 14.1 Å². The highest BCUT2D eigenvalue weighted by atomic mass is 16.5. The molecule has 0 saturated carbocycles. The minimum Gasteiger partial charge on any atom is -0.491 e. The van der Waals surface area contributed by atoms with Crippen LogP contribution in [0, 0.1) is 0 Å². The summed E-state index contributed by atoms with van der Waals surface area (Å²) in [5, 5.41) is 8.52. The molecule has 0 spiro atoms. The molecule has 7 rings (SSSR count). The quantitative estimate of drug-likeness (QED) is 0.329. The topological polar surface area (TPSA) is 122 Å². The van der Waals surface area contributed by atoms with E-state index in [1.165, 1.54) is 12.8 Å². The van der Waals surface area contributed by atoms with Gasteiger partial charge in [0.25, 0.3) is 0 Å². The van der Waals surface area contributed by atoms with Crippen molar-refractivity contribution in [1.29, 1.82) is 0 Å². The molecule has 6 aromatic heterocycles. The van der Waals surface area contributed by atoms with Crippen LogP contribution in [0.25, 0.3) is 55.8 Å². The zero-order valence-corrected chi connectivity index (χ0v) is 20.0. The van der Waals surface area contributed by atoms with Crippen LogP contribution in [0.4, 0.5) is 0 Å². The number of furan rings is 1. The maximum Gasteiger partial charge on any atom is 0.159 e. The zero-order valence-electron chi connectivity index (χ0n) is 20.0. The number of imidazole rings is 1. The van der Waals surface area contributed by atoms with Crippen LogP contribution >= 0.6 is 0 Å². The van der Waals surface area contributed by atoms with Gasteiger partial charge in [-0.25, -0.2) is 4.98 Å². The van der Waals surface area contributed by atoms with Crippen LogP contribution in [0.1, 0.15) is 12.8 Å². The summed E-state index contributed by atoms with van der Waals surface area (Å²) in [6.07, 6.45) is 14.7. The second-order valence-corrected chi connectivity index (χ2v) is 9.17. The Balaban J connectivity index is 1.20. The van der Waals surface area contributed by atoms with Crippen LogP contribution in [0.2, 0.25) is 0 Å². The number of aromatic nitrogens is 7. The second-order valence-electron chi connectivity index (χ2n) is 9.17. The molecule has 37 heavy (non-hydrogen) atoms. The highest BCUT2D eigenvalue weighted by molar-refractivity contribution is 5.97. The number of rotatable bonds is 7. The lowest BCUT2D eigenvalue weighted by molar-refractivity contribution is 0.237. The minimum atomic E-state index is 0.644. The van der Waals surface area contributed by atoms with E-state index in [1.54, 1.807) is 43.5 Å². The number of H-pyrrole nitrogens is 2. The van der Waals surface area contributed by atoms with Crippen molar-refractivity contribution in [2.24, 2.45) is 0 Å². The van der Waals surface area contributed by atoms with Gasteiger partial charge in [0.2, 0.25) is 0 Å². The van der Waals surface area contributed by atoms with E-state index in [4.69, 9.17) is 14.1 Å². The summed E-state index contributed by atoms with van der Waals surface area (Å²) in [5.74, 6) is 1.39. The SMILES string of the molecule is c1cc(-c2cncc3[nH]c(-c4n[nH]c5cnc(-c6cncc(OCCN7CCCC7)c6)cc45)nc23)co1. The number of nitrogens with one attached hydrogen (secondary N) is 2. The predicted molar refractivity (Wildman–Crippen MR) is 139 cm³/mol. The molecule has 0 atom stereocenters. The first-order valence-electron chi connectivity index (χ1n) is 12.3. The summed E-state index contributed by atoms with van der Waals surface area (Å²) < 4.78 is 11.2. The average molecular weight is 493 g/mol. The molecule has 0 aliphatic carbocycles. The van der Waals surface area contributed by atoms with Gasteiger partial charge >= 0.3 is 0 Å². The summed E-state index contributed by atoms with van der Waals surface area (Å²) >= 11 is 0. The molecule has 0 unspecified atom stereocenters. The Bertz CT molecular complexity index is 1680. The molecule has 0 amide bonds. The van der Waals surface area contributed by atoms with Crippen molar-refractivity contribution >= 4 is 21.9 Å². The molecular weight excluding hydrogens is 468 g/mol. The van der Waals surface area contributed by atoms with Gasteiger partial charge in [0.05, 0.1) is 47.8 Å². The molecule has 6 aromatic rings. The Kier molecular flexibility index (Phi) is 5.36. The van der Waals surface area contributed by atoms with Gasteiger partial charge in [-0.05, 0) is 44.1 Å². The third kappa shape index (κ3) is 4.11. The first-order chi connectivity index (χ1) is 18.3. The summed E-state index contributed by atoms with van der Waals surface area (Å²) in [6.45, 7) is 3.89. The normalized spacial score (nSPS) is 14.2. The molecule has 1 aliphatic heterocycles. The van der Waals surface area contributed by atoms with Crippen LogP contribution < -0.4 is 4.74 Å². The van der Waals surface area contributed by atoms with Crippen LogP contribution in [-0.2, 0) is 0 Å². The molecule has 1 saturated heterocycles. The average Bonchev–Trinajstić information content (AvgIpc) is 3.74. The monoisotopic (exact) mass is 492 g/mol. The Morgan fingerprint density at radius 1 is 0.973 bits per heavy atom. The minimum absolute atomic E-state index is 0.644. The van der Waals surface area contributed by atoms with Gasteiger partial charge in [0.15, 0.2) is 5.82 Å². The summed E-state index contributed by atoms with van der Waals surface area (Å²) in [4.78, 5) is 24.0. The number of pyridine rings is 3. The van der Waals surface area contributed by atoms with E-state index in [-0.39, 0.29) is 0 Å². The third-order valence-electron chi connectivity index (χ3n) is 6.78. The molecular formula is C27H24N8O2. The Morgan fingerprint density at radius 3 is 2.78 bits per heavy atom. The van der Waals surface area contributed by atoms with Crippen molar-refractivity contribution in [3.63, 3.8) is 0 Å². The van der Waals surface area contributed by atoms with Crippen molar-refractivity contribution in [2.75, 3.05) is 26.2 Å². The van der Waals surface area contributed by atoms with Gasteiger partial charge in [0.1, 0.15) is 23.6 Å². The Hall–Kier alpha value is -4.57. The van der Waals surface area contributed by atoms with Crippen molar-refractivity contribution < 1.29 is 9.15 Å². The van der Waals surface area contributed by atoms with Gasteiger partial charge in [-0.2, -0.15) is 5.10 Å². The van der Waals surface area contributed by atoms with Gasteiger partial charge in [0, 0.05) is 41.0 Å². The van der Waals surface area contributed by atoms with E-state index in [0.717, 1.165) is 69.7 Å². The van der Waals surface area contributed by atoms with Crippen LogP contribution in [0.3, 0.4) is 0 Å². The van der Waals surface area contributed by atoms with Gasteiger partial charge in [-0.15, -0.1) is 0 Å². The fourth-order valence-electron chi connectivity index (χ4n) is 4.87. The fourth-order valence-corrected chi connectivity index (χ4v) is 4.87. The van der Waals surface area contributed by atoms with Gasteiger partial charge in [-0.3, -0.25) is 25.0 Å². The molecule has 7 heterocycles. The number of likely N-dealkylation sites (tertiary alicyclic amines) is 1. The molecule has 1 aliphatic rings. The van der Waals surface area contributed by atoms with Crippen LogP contribution in [0.15, 0.2) is 66.1 Å². The Morgan fingerprint density at radius 2 is 1.89 bits per heavy atom. The molecule has 1 fully saturated rings. The van der Waals surface area contributed by atoms with E-state index < -0.39 is 0 Å². The number of nitrogens with zero attached hydrogens (tertiary/aromatic N) is 6. The van der Waals surface area contributed by atoms with E-state index >= 15 is 0 Å². The molecule has 184 valence electrons. The number of fused-ring (bicyclic) bond motifs is 2. The lowest BCUT2D eigenvalue weighted by Crippen LogP contribution is -2.25. The van der Waals surface area contributed by atoms with E-state index in [2.05, 4.69) is 35.0 Å². The standard InChI is InChI=1S/C27H24N8O2/c1-2-5-35(4-1)6-8-37-19-9-18(11-28-12-19)22-10-20-23(15-30-22)33-34-26(20)27-31-24-14-29-13-21(25(24)32-27)17-3-7-36-16-17/h3,7,9-16H,1-2,4-6,8H2,(H,31,32)(H,33,34). The zero-order chi connectivity index (χ0) is 24.6. The maximum absolute atomic E-state index is 5.99. The first kappa shape index (κ1) is 21.7. The molecule has 2 N–H and O–H groups in total. The van der Waals surface area contributed by atoms with E-state index in [0.29, 0.717) is 18.1 Å². The molecule has 0 radical (unpaired) electrons. The number of ether oxygens (including phenoxy) is 1. The van der Waals surface area contributed by atoms with Crippen LogP contribution in [-0.4, -0.2) is 66.3 Å². The highest BCUT2D eigenvalue weighted by Gasteiger charge is 2.17. The smallest absolute Gasteiger partial charge is 0.159 e. The van der Waals surface area contributed by atoms with E-state index in [9.17, 15) is 0 Å². The van der Waals surface area contributed by atoms with Crippen molar-refractivity contribution in [1.82, 2.24) is 40.0 Å². The lowest BCUT2D eigenvalue weighted by atomic mass is 10.1. The van der Waals surface area contributed by atoms with Gasteiger partial charge in [-0.1, -0.05) is 0 Å². The first-order valence-corrected chi connectivity index (χ1v) is 12.3. The molecule has 10 heteroatoms. The van der Waals surface area contributed by atoms with Crippen LogP contribution in [0.5, 0.6) is 5.75 Å². The number of hydrogen-bond donors (Lipinski definition) is 2. The molecule has 0 bridgehead atoms. The number of hydrogen-bond acceptors (Lipinski definition) is 8. The van der Waals surface area contributed by atoms with Crippen molar-refractivity contribution in [3.8, 4) is 39.7 Å². The second kappa shape index (κ2) is 9.14. The third-order valence-corrected chi connectivity index (χ3v) is 6.78. The predicted octanol–water partition coefficient (Wildman–Crippen LogP) is 4.69. The van der Waals surface area contributed by atoms with Crippen molar-refractivity contribution in [3.05, 3.63) is 61.7 Å². The Labute approximate surface area is 211 Å². The molecule has 0 aromatic carbocycles. The summed E-state index contributed by atoms with van der Waals surface area (Å²) in [6, 6.07) is 5.88. The maximum atomic E-state index is 5.99. The lowest BCUT2D eigenvalue weighted by Gasteiger charge is -2.15. The fraction of sp³-hybridized carbons (Fsp3) is 0.222. The van der Waals surface area contributed by atoms with E-state index in [1.807, 2.05) is 18.2 Å². The van der Waals surface area contributed by atoms with Crippen molar-refractivity contribution in [2.45, 2.75) is 12.8 Å². The largest absolute Gasteiger partial charge is 0.491 e. The summed E-state index contributed by atoms with van der Waals surface area (Å²) in [7, 11) is 0.